The Morgan fingerprint density at radius 1 is 1.25 bits per heavy atom. The molecule has 5 heteroatoms. The molecule has 0 atom stereocenters. The molecular formula is C3H10BCl2NSi. The summed E-state index contributed by atoms with van der Waals surface area (Å²) in [6, 6.07) is 0. The van der Waals surface area contributed by atoms with Gasteiger partial charge in [0.25, 0.3) is 0 Å². The van der Waals surface area contributed by atoms with Gasteiger partial charge in [-0.1, -0.05) is 19.6 Å². The molecule has 0 fully saturated rings. The first kappa shape index (κ1) is 8.82. The lowest BCUT2D eigenvalue weighted by atomic mass is 10.4. The van der Waals surface area contributed by atoms with Gasteiger partial charge in [0.15, 0.2) is 0 Å². The molecule has 1 N–H and O–H groups in total. The van der Waals surface area contributed by atoms with Crippen LogP contribution in [0.2, 0.25) is 19.6 Å². The smallest absolute Gasteiger partial charge is 0.351 e. The average molecular weight is 170 g/mol. The van der Waals surface area contributed by atoms with Crippen LogP contribution in [-0.4, -0.2) is 13.9 Å². The standard InChI is InChI=1S/C3H10BCl2NSi/c1-8(2,3)7-4(5)6/h7H,1-3H3. The van der Waals surface area contributed by atoms with E-state index >= 15 is 0 Å². The highest BCUT2D eigenvalue weighted by Crippen LogP contribution is 1.99. The van der Waals surface area contributed by atoms with E-state index in [9.17, 15) is 0 Å². The normalized spacial score (nSPS) is 11.6. The molecule has 0 saturated heterocycles. The highest BCUT2D eigenvalue weighted by Gasteiger charge is 2.18. The van der Waals surface area contributed by atoms with E-state index in [2.05, 4.69) is 24.5 Å². The number of halogens is 2. The molecule has 0 aromatic heterocycles. The molecule has 0 aromatic rings. The van der Waals surface area contributed by atoms with Gasteiger partial charge in [-0.3, -0.25) is 0 Å². The minimum absolute atomic E-state index is 0.401. The fraction of sp³-hybridized carbons (Fsp3) is 1.00. The molecule has 0 aromatic carbocycles. The number of nitrogens with one attached hydrogen (secondary N) is 1. The van der Waals surface area contributed by atoms with Gasteiger partial charge in [0.05, 0.1) is 0 Å². The van der Waals surface area contributed by atoms with Gasteiger partial charge in [0, 0.05) is 0 Å². The largest absolute Gasteiger partial charge is 0.425 e. The summed E-state index contributed by atoms with van der Waals surface area (Å²) in [6.45, 7) is 6.43. The van der Waals surface area contributed by atoms with E-state index in [0.717, 1.165) is 0 Å². The minimum Gasteiger partial charge on any atom is -0.351 e. The number of hydrogen-bond acceptors (Lipinski definition) is 1. The lowest BCUT2D eigenvalue weighted by molar-refractivity contribution is 1.42. The molecule has 0 bridgehead atoms. The molecule has 8 heavy (non-hydrogen) atoms. The summed E-state index contributed by atoms with van der Waals surface area (Å²) < 4.78 is 0. The third-order valence-electron chi connectivity index (χ3n) is 0.542. The predicted octanol–water partition coefficient (Wildman–Crippen LogP) is 1.87. The molecule has 0 saturated carbocycles. The molecule has 0 spiro atoms. The van der Waals surface area contributed by atoms with Crippen molar-refractivity contribution in [3.63, 3.8) is 0 Å². The van der Waals surface area contributed by atoms with E-state index in [4.69, 9.17) is 22.9 Å². The maximum atomic E-state index is 5.45. The van der Waals surface area contributed by atoms with Crippen molar-refractivity contribution in [3.05, 3.63) is 0 Å². The molecule has 0 unspecified atom stereocenters. The second-order valence-corrected chi connectivity index (χ2v) is 8.58. The van der Waals surface area contributed by atoms with Crippen molar-refractivity contribution < 1.29 is 0 Å². The number of hydrogen-bond donors (Lipinski definition) is 1. The van der Waals surface area contributed by atoms with Crippen LogP contribution >= 0.6 is 22.9 Å². The molecule has 0 aliphatic heterocycles. The Balaban J connectivity index is 3.39. The summed E-state index contributed by atoms with van der Waals surface area (Å²) in [6.07, 6.45) is 0. The molecule has 48 valence electrons. The summed E-state index contributed by atoms with van der Waals surface area (Å²) in [5.41, 5.74) is -0.401. The zero-order valence-electron chi connectivity index (χ0n) is 5.33. The van der Waals surface area contributed by atoms with Crippen molar-refractivity contribution in [2.45, 2.75) is 19.6 Å². The maximum absolute atomic E-state index is 5.45. The fourth-order valence-corrected chi connectivity index (χ4v) is 2.95. The van der Waals surface area contributed by atoms with E-state index in [0.29, 0.717) is 0 Å². The number of rotatable bonds is 2. The third kappa shape index (κ3) is 6.82. The van der Waals surface area contributed by atoms with Gasteiger partial charge in [0.2, 0.25) is 0 Å². The van der Waals surface area contributed by atoms with E-state index in [1.165, 1.54) is 0 Å². The average Bonchev–Trinajstić information content (AvgIpc) is 1.21. The molecule has 0 amide bonds. The van der Waals surface area contributed by atoms with Gasteiger partial charge < -0.3 is 4.89 Å². The zero-order valence-corrected chi connectivity index (χ0v) is 7.85. The van der Waals surface area contributed by atoms with Crippen molar-refractivity contribution in [2.24, 2.45) is 0 Å². The second-order valence-electron chi connectivity index (χ2n) is 2.70. The van der Waals surface area contributed by atoms with Crippen LogP contribution in [0.3, 0.4) is 0 Å². The van der Waals surface area contributed by atoms with Crippen LogP contribution in [0.5, 0.6) is 0 Å². The highest BCUT2D eigenvalue weighted by atomic mass is 35.5. The Morgan fingerprint density at radius 2 is 1.62 bits per heavy atom. The van der Waals surface area contributed by atoms with Crippen LogP contribution in [-0.2, 0) is 0 Å². The van der Waals surface area contributed by atoms with Crippen LogP contribution in [0.15, 0.2) is 0 Å². The van der Waals surface area contributed by atoms with E-state index in [-0.39, 0.29) is 0 Å². The van der Waals surface area contributed by atoms with Crippen LogP contribution in [0.25, 0.3) is 0 Å². The Morgan fingerprint density at radius 3 is 1.62 bits per heavy atom. The molecule has 0 heterocycles. The van der Waals surface area contributed by atoms with E-state index in [1.54, 1.807) is 0 Å². The molecule has 1 nitrogen and oxygen atoms in total. The van der Waals surface area contributed by atoms with Gasteiger partial charge in [0.1, 0.15) is 8.24 Å². The van der Waals surface area contributed by atoms with Crippen LogP contribution < -0.4 is 4.89 Å². The Labute approximate surface area is 61.8 Å². The van der Waals surface area contributed by atoms with Gasteiger partial charge in [-0.25, -0.2) is 0 Å². The van der Waals surface area contributed by atoms with Gasteiger partial charge >= 0.3 is 5.68 Å². The van der Waals surface area contributed by atoms with Crippen LogP contribution in [0.1, 0.15) is 0 Å². The van der Waals surface area contributed by atoms with Crippen LogP contribution in [0.4, 0.5) is 0 Å². The molecule has 0 aliphatic carbocycles. The van der Waals surface area contributed by atoms with Crippen molar-refractivity contribution in [1.29, 1.82) is 0 Å². The van der Waals surface area contributed by atoms with Gasteiger partial charge in [-0.15, -0.1) is 22.9 Å². The van der Waals surface area contributed by atoms with Gasteiger partial charge in [-0.2, -0.15) is 0 Å². The Kier molecular flexibility index (Phi) is 3.43. The van der Waals surface area contributed by atoms with Crippen LogP contribution in [0, 0.1) is 0 Å². The quantitative estimate of drug-likeness (QED) is 0.623. The zero-order chi connectivity index (χ0) is 6.78. The molecule has 0 aliphatic rings. The Hall–Kier alpha value is 0.822. The summed E-state index contributed by atoms with van der Waals surface area (Å²) in [7, 11) is -1.23. The first-order valence-electron chi connectivity index (χ1n) is 2.48. The lowest BCUT2D eigenvalue weighted by Crippen LogP contribution is -2.45. The summed E-state index contributed by atoms with van der Waals surface area (Å²) in [5.74, 6) is 0. The predicted molar refractivity (Wildman–Crippen MR) is 43.9 cm³/mol. The third-order valence-corrected chi connectivity index (χ3v) is 2.28. The summed E-state index contributed by atoms with van der Waals surface area (Å²) in [4.78, 5) is 3.05. The fourth-order valence-electron chi connectivity index (χ4n) is 0.327. The van der Waals surface area contributed by atoms with Crippen molar-refractivity contribution in [2.75, 3.05) is 0 Å². The highest BCUT2D eigenvalue weighted by molar-refractivity contribution is 7.34. The Bertz CT molecular complexity index is 72.2. The van der Waals surface area contributed by atoms with Crippen molar-refractivity contribution in [3.8, 4) is 0 Å². The minimum atomic E-state index is -1.23. The topological polar surface area (TPSA) is 12.0 Å². The van der Waals surface area contributed by atoms with E-state index < -0.39 is 13.9 Å². The SMILES string of the molecule is C[Si](C)(C)NB(Cl)Cl. The maximum Gasteiger partial charge on any atom is 0.425 e. The van der Waals surface area contributed by atoms with Crippen molar-refractivity contribution >= 4 is 36.8 Å². The summed E-state index contributed by atoms with van der Waals surface area (Å²) in [5, 5.41) is 0. The van der Waals surface area contributed by atoms with Crippen molar-refractivity contribution in [1.82, 2.24) is 4.89 Å². The first-order chi connectivity index (χ1) is 3.42. The molecular weight excluding hydrogens is 160 g/mol. The monoisotopic (exact) mass is 169 g/mol. The molecule has 0 radical (unpaired) electrons. The van der Waals surface area contributed by atoms with Gasteiger partial charge in [-0.05, 0) is 0 Å². The lowest BCUT2D eigenvalue weighted by Gasteiger charge is -2.16. The first-order valence-corrected chi connectivity index (χ1v) is 6.85. The molecule has 0 rings (SSSR count). The van der Waals surface area contributed by atoms with E-state index in [1.807, 2.05) is 0 Å². The summed E-state index contributed by atoms with van der Waals surface area (Å²) >= 11 is 10.9. The second kappa shape index (κ2) is 3.11.